The van der Waals surface area contributed by atoms with Gasteiger partial charge in [-0.05, 0) is 38.1 Å². The summed E-state index contributed by atoms with van der Waals surface area (Å²) in [6, 6.07) is 8.25. The van der Waals surface area contributed by atoms with E-state index in [-0.39, 0.29) is 5.41 Å². The largest absolute Gasteiger partial charge is 0.490 e. The van der Waals surface area contributed by atoms with Gasteiger partial charge in [0.05, 0.1) is 0 Å². The third-order valence-electron chi connectivity index (χ3n) is 4.52. The molecule has 0 heterocycles. The van der Waals surface area contributed by atoms with E-state index in [9.17, 15) is 0 Å². The number of nitrogens with one attached hydrogen (secondary N) is 1. The van der Waals surface area contributed by atoms with Crippen molar-refractivity contribution in [2.75, 3.05) is 7.05 Å². The SMILES string of the molecule is CCC1(CC)C(NC)CC1Oc1cccc(Cl)c1. The fourth-order valence-electron chi connectivity index (χ4n) is 3.22. The summed E-state index contributed by atoms with van der Waals surface area (Å²) in [6.45, 7) is 4.50. The Morgan fingerprint density at radius 2 is 2.11 bits per heavy atom. The average molecular weight is 268 g/mol. The van der Waals surface area contributed by atoms with Gasteiger partial charge in [0.15, 0.2) is 0 Å². The Hall–Kier alpha value is -0.730. The highest BCUT2D eigenvalue weighted by Crippen LogP contribution is 2.48. The third kappa shape index (κ3) is 2.24. The molecule has 0 radical (unpaired) electrons. The molecular formula is C15H22ClNO. The van der Waals surface area contributed by atoms with E-state index in [1.807, 2.05) is 31.3 Å². The monoisotopic (exact) mass is 267 g/mol. The molecule has 100 valence electrons. The van der Waals surface area contributed by atoms with Gasteiger partial charge in [0, 0.05) is 22.9 Å². The van der Waals surface area contributed by atoms with Gasteiger partial charge >= 0.3 is 0 Å². The van der Waals surface area contributed by atoms with Crippen LogP contribution in [-0.4, -0.2) is 19.2 Å². The Bertz CT molecular complexity index is 403. The van der Waals surface area contributed by atoms with Crippen LogP contribution in [0.1, 0.15) is 33.1 Å². The summed E-state index contributed by atoms with van der Waals surface area (Å²) in [6.07, 6.45) is 3.65. The van der Waals surface area contributed by atoms with E-state index in [1.54, 1.807) is 0 Å². The van der Waals surface area contributed by atoms with Gasteiger partial charge < -0.3 is 10.1 Å². The van der Waals surface area contributed by atoms with Crippen LogP contribution in [0.25, 0.3) is 0 Å². The fourth-order valence-corrected chi connectivity index (χ4v) is 3.40. The molecule has 0 amide bonds. The predicted octanol–water partition coefficient (Wildman–Crippen LogP) is 3.89. The van der Waals surface area contributed by atoms with Crippen molar-refractivity contribution in [3.05, 3.63) is 29.3 Å². The highest BCUT2D eigenvalue weighted by Gasteiger charge is 2.53. The van der Waals surface area contributed by atoms with Crippen LogP contribution in [0.3, 0.4) is 0 Å². The molecule has 2 nitrogen and oxygen atoms in total. The van der Waals surface area contributed by atoms with Gasteiger partial charge in [0.25, 0.3) is 0 Å². The maximum Gasteiger partial charge on any atom is 0.121 e. The smallest absolute Gasteiger partial charge is 0.121 e. The second-order valence-electron chi connectivity index (χ2n) is 5.08. The summed E-state index contributed by atoms with van der Waals surface area (Å²) in [5, 5.41) is 4.15. The van der Waals surface area contributed by atoms with Crippen LogP contribution in [0.2, 0.25) is 5.02 Å². The standard InChI is InChI=1S/C15H22ClNO/c1-4-15(5-2)13(17-3)10-14(15)18-12-8-6-7-11(16)9-12/h6-9,13-14,17H,4-5,10H2,1-3H3. The molecular weight excluding hydrogens is 246 g/mol. The van der Waals surface area contributed by atoms with Crippen molar-refractivity contribution in [1.29, 1.82) is 0 Å². The van der Waals surface area contributed by atoms with Gasteiger partial charge in [-0.25, -0.2) is 0 Å². The molecule has 0 saturated heterocycles. The molecule has 1 aliphatic carbocycles. The molecule has 0 aliphatic heterocycles. The molecule has 0 spiro atoms. The Kier molecular flexibility index (Phi) is 4.18. The van der Waals surface area contributed by atoms with E-state index < -0.39 is 0 Å². The van der Waals surface area contributed by atoms with Crippen molar-refractivity contribution in [1.82, 2.24) is 5.32 Å². The van der Waals surface area contributed by atoms with E-state index >= 15 is 0 Å². The molecule has 18 heavy (non-hydrogen) atoms. The van der Waals surface area contributed by atoms with Crippen molar-refractivity contribution in [3.63, 3.8) is 0 Å². The number of benzene rings is 1. The van der Waals surface area contributed by atoms with Gasteiger partial charge in [-0.15, -0.1) is 0 Å². The van der Waals surface area contributed by atoms with Crippen LogP contribution < -0.4 is 10.1 Å². The first-order chi connectivity index (χ1) is 8.66. The van der Waals surface area contributed by atoms with Crippen LogP contribution in [-0.2, 0) is 0 Å². The molecule has 1 aromatic carbocycles. The molecule has 2 atom stereocenters. The lowest BCUT2D eigenvalue weighted by atomic mass is 9.58. The molecule has 2 unspecified atom stereocenters. The van der Waals surface area contributed by atoms with E-state index in [1.165, 1.54) is 0 Å². The molecule has 1 fully saturated rings. The number of hydrogen-bond donors (Lipinski definition) is 1. The zero-order chi connectivity index (χ0) is 13.2. The number of hydrogen-bond acceptors (Lipinski definition) is 2. The molecule has 0 aromatic heterocycles. The van der Waals surface area contributed by atoms with Crippen molar-refractivity contribution in [3.8, 4) is 5.75 Å². The minimum atomic E-state index is 0.261. The average Bonchev–Trinajstić information content (AvgIpc) is 2.36. The summed E-state index contributed by atoms with van der Waals surface area (Å²) in [5.41, 5.74) is 0.261. The Morgan fingerprint density at radius 1 is 1.39 bits per heavy atom. The summed E-state index contributed by atoms with van der Waals surface area (Å²) in [4.78, 5) is 0. The first-order valence-corrected chi connectivity index (χ1v) is 7.13. The lowest BCUT2D eigenvalue weighted by molar-refractivity contribution is -0.0835. The lowest BCUT2D eigenvalue weighted by Crippen LogP contribution is -2.63. The second kappa shape index (κ2) is 5.50. The minimum Gasteiger partial charge on any atom is -0.490 e. The number of halogens is 1. The number of rotatable bonds is 5. The highest BCUT2D eigenvalue weighted by molar-refractivity contribution is 6.30. The van der Waals surface area contributed by atoms with Gasteiger partial charge in [-0.1, -0.05) is 31.5 Å². The minimum absolute atomic E-state index is 0.261. The Morgan fingerprint density at radius 3 is 2.67 bits per heavy atom. The van der Waals surface area contributed by atoms with E-state index in [4.69, 9.17) is 16.3 Å². The molecule has 3 heteroatoms. The number of ether oxygens (including phenoxy) is 1. The predicted molar refractivity (Wildman–Crippen MR) is 76.3 cm³/mol. The van der Waals surface area contributed by atoms with Crippen LogP contribution >= 0.6 is 11.6 Å². The highest BCUT2D eigenvalue weighted by atomic mass is 35.5. The van der Waals surface area contributed by atoms with Crippen molar-refractivity contribution >= 4 is 11.6 Å². The lowest BCUT2D eigenvalue weighted by Gasteiger charge is -2.55. The summed E-state index contributed by atoms with van der Waals surface area (Å²) in [5.74, 6) is 0.883. The quantitative estimate of drug-likeness (QED) is 0.874. The molecule has 1 aliphatic rings. The van der Waals surface area contributed by atoms with Crippen LogP contribution in [0, 0.1) is 5.41 Å². The summed E-state index contributed by atoms with van der Waals surface area (Å²) in [7, 11) is 2.04. The van der Waals surface area contributed by atoms with Crippen LogP contribution in [0.4, 0.5) is 0 Å². The Balaban J connectivity index is 2.10. The van der Waals surface area contributed by atoms with Gasteiger partial charge in [-0.3, -0.25) is 0 Å². The maximum atomic E-state index is 6.14. The van der Waals surface area contributed by atoms with Gasteiger partial charge in [-0.2, -0.15) is 0 Å². The fraction of sp³-hybridized carbons (Fsp3) is 0.600. The van der Waals surface area contributed by atoms with Crippen molar-refractivity contribution in [2.45, 2.75) is 45.3 Å². The first kappa shape index (κ1) is 13.7. The normalized spacial score (nSPS) is 25.6. The van der Waals surface area contributed by atoms with E-state index in [2.05, 4.69) is 19.2 Å². The van der Waals surface area contributed by atoms with Crippen molar-refractivity contribution < 1.29 is 4.74 Å². The van der Waals surface area contributed by atoms with Gasteiger partial charge in [0.1, 0.15) is 11.9 Å². The van der Waals surface area contributed by atoms with Crippen molar-refractivity contribution in [2.24, 2.45) is 5.41 Å². The zero-order valence-electron chi connectivity index (χ0n) is 11.4. The molecule has 0 bridgehead atoms. The summed E-state index contributed by atoms with van der Waals surface area (Å²) < 4.78 is 6.14. The molecule has 1 aromatic rings. The van der Waals surface area contributed by atoms with Crippen LogP contribution in [0.5, 0.6) is 5.75 Å². The second-order valence-corrected chi connectivity index (χ2v) is 5.52. The van der Waals surface area contributed by atoms with E-state index in [0.29, 0.717) is 12.1 Å². The van der Waals surface area contributed by atoms with E-state index in [0.717, 1.165) is 30.0 Å². The van der Waals surface area contributed by atoms with Gasteiger partial charge in [0.2, 0.25) is 0 Å². The molecule has 1 N–H and O–H groups in total. The molecule has 1 saturated carbocycles. The zero-order valence-corrected chi connectivity index (χ0v) is 12.1. The summed E-state index contributed by atoms with van der Waals surface area (Å²) >= 11 is 5.99. The first-order valence-electron chi connectivity index (χ1n) is 6.75. The topological polar surface area (TPSA) is 21.3 Å². The van der Waals surface area contributed by atoms with Crippen LogP contribution in [0.15, 0.2) is 24.3 Å². The maximum absolute atomic E-state index is 6.14. The third-order valence-corrected chi connectivity index (χ3v) is 4.76. The Labute approximate surface area is 115 Å². The molecule has 2 rings (SSSR count).